The summed E-state index contributed by atoms with van der Waals surface area (Å²) >= 11 is 0. The number of aryl methyl sites for hydroxylation is 1. The van der Waals surface area contributed by atoms with Crippen molar-refractivity contribution in [2.24, 2.45) is 0 Å². The maximum atomic E-state index is 12.7. The number of methoxy groups -OCH3 is 2. The average molecular weight is 426 g/mol. The number of nitrogens with zero attached hydrogens (tertiary/aromatic N) is 2. The molecule has 0 unspecified atom stereocenters. The van der Waals surface area contributed by atoms with Crippen LogP contribution in [0.5, 0.6) is 5.75 Å². The summed E-state index contributed by atoms with van der Waals surface area (Å²) in [5, 5.41) is 3.02. The number of amides is 1. The zero-order chi connectivity index (χ0) is 22.2. The van der Waals surface area contributed by atoms with E-state index in [1.54, 1.807) is 19.2 Å². The van der Waals surface area contributed by atoms with Crippen LogP contribution in [-0.4, -0.2) is 63.7 Å². The lowest BCUT2D eigenvalue weighted by molar-refractivity contribution is -0.116. The number of anilines is 2. The largest absolute Gasteiger partial charge is 0.497 e. The second-order valence-electron chi connectivity index (χ2n) is 7.54. The summed E-state index contributed by atoms with van der Waals surface area (Å²) in [5.41, 5.74) is 3.06. The van der Waals surface area contributed by atoms with Gasteiger partial charge in [0.15, 0.2) is 0 Å². The van der Waals surface area contributed by atoms with Crippen LogP contribution in [0.3, 0.4) is 0 Å². The molecule has 1 aliphatic heterocycles. The van der Waals surface area contributed by atoms with Gasteiger partial charge in [-0.25, -0.2) is 4.79 Å². The molecule has 1 N–H and O–H groups in total. The van der Waals surface area contributed by atoms with E-state index in [0.717, 1.165) is 49.7 Å². The molecule has 1 aliphatic rings. The van der Waals surface area contributed by atoms with E-state index in [9.17, 15) is 9.59 Å². The Kier molecular flexibility index (Phi) is 7.89. The van der Waals surface area contributed by atoms with Crippen molar-refractivity contribution >= 4 is 23.3 Å². The van der Waals surface area contributed by atoms with Gasteiger partial charge in [0.2, 0.25) is 5.91 Å². The minimum Gasteiger partial charge on any atom is -0.497 e. The van der Waals surface area contributed by atoms with Crippen molar-refractivity contribution in [3.8, 4) is 5.75 Å². The third-order valence-electron chi connectivity index (χ3n) is 5.65. The molecule has 0 spiro atoms. The van der Waals surface area contributed by atoms with Crippen LogP contribution in [0.2, 0.25) is 0 Å². The summed E-state index contributed by atoms with van der Waals surface area (Å²) < 4.78 is 10.0. The Morgan fingerprint density at radius 2 is 1.71 bits per heavy atom. The fourth-order valence-electron chi connectivity index (χ4n) is 3.72. The van der Waals surface area contributed by atoms with Crippen molar-refractivity contribution in [3.63, 3.8) is 0 Å². The Hall–Kier alpha value is -3.06. The van der Waals surface area contributed by atoms with E-state index < -0.39 is 5.97 Å². The first-order valence-electron chi connectivity index (χ1n) is 10.7. The maximum absolute atomic E-state index is 12.7. The van der Waals surface area contributed by atoms with E-state index in [1.165, 1.54) is 7.11 Å². The van der Waals surface area contributed by atoms with Gasteiger partial charge in [-0.15, -0.1) is 0 Å². The summed E-state index contributed by atoms with van der Waals surface area (Å²) in [6.45, 7) is 6.89. The molecule has 2 aromatic rings. The monoisotopic (exact) mass is 425 g/mol. The van der Waals surface area contributed by atoms with E-state index in [4.69, 9.17) is 9.47 Å². The quantitative estimate of drug-likeness (QED) is 0.655. The normalized spacial score (nSPS) is 14.2. The van der Waals surface area contributed by atoms with Crippen molar-refractivity contribution in [2.75, 3.05) is 57.2 Å². The van der Waals surface area contributed by atoms with Gasteiger partial charge in [0.25, 0.3) is 0 Å². The first-order chi connectivity index (χ1) is 15.0. The summed E-state index contributed by atoms with van der Waals surface area (Å²) in [7, 11) is 2.98. The van der Waals surface area contributed by atoms with Crippen molar-refractivity contribution in [1.29, 1.82) is 0 Å². The zero-order valence-corrected chi connectivity index (χ0v) is 18.5. The fourth-order valence-corrected chi connectivity index (χ4v) is 3.72. The molecule has 7 heteroatoms. The Labute approximate surface area is 183 Å². The van der Waals surface area contributed by atoms with Crippen molar-refractivity contribution in [1.82, 2.24) is 4.90 Å². The Morgan fingerprint density at radius 3 is 2.32 bits per heavy atom. The van der Waals surface area contributed by atoms with Gasteiger partial charge in [0.1, 0.15) is 5.75 Å². The van der Waals surface area contributed by atoms with E-state index in [0.29, 0.717) is 24.1 Å². The second kappa shape index (κ2) is 10.8. The first kappa shape index (κ1) is 22.6. The van der Waals surface area contributed by atoms with E-state index >= 15 is 0 Å². The lowest BCUT2D eigenvalue weighted by Gasteiger charge is -2.36. The van der Waals surface area contributed by atoms with Crippen LogP contribution in [0.1, 0.15) is 29.3 Å². The number of likely N-dealkylation sites (N-methyl/N-ethyl adjacent to an activating group) is 1. The van der Waals surface area contributed by atoms with Gasteiger partial charge in [0.05, 0.1) is 31.2 Å². The smallest absolute Gasteiger partial charge is 0.337 e. The molecule has 1 heterocycles. The highest BCUT2D eigenvalue weighted by molar-refractivity contribution is 5.98. The highest BCUT2D eigenvalue weighted by Gasteiger charge is 2.20. The van der Waals surface area contributed by atoms with Crippen LogP contribution in [-0.2, 0) is 16.0 Å². The molecule has 1 fully saturated rings. The third kappa shape index (κ3) is 5.98. The number of benzene rings is 2. The molecule has 31 heavy (non-hydrogen) atoms. The number of nitrogens with one attached hydrogen (secondary N) is 1. The first-order valence-corrected chi connectivity index (χ1v) is 10.7. The minimum atomic E-state index is -0.420. The van der Waals surface area contributed by atoms with Crippen LogP contribution < -0.4 is 15.0 Å². The molecule has 2 aromatic carbocycles. The van der Waals surface area contributed by atoms with Crippen molar-refractivity contribution in [2.45, 2.75) is 19.8 Å². The number of piperazine rings is 1. The number of hydrogen-bond donors (Lipinski definition) is 1. The molecule has 0 aromatic heterocycles. The molecule has 0 aliphatic carbocycles. The number of hydrogen-bond acceptors (Lipinski definition) is 6. The molecular formula is C24H31N3O4. The maximum Gasteiger partial charge on any atom is 0.337 e. The summed E-state index contributed by atoms with van der Waals surface area (Å²) in [4.78, 5) is 29.4. The van der Waals surface area contributed by atoms with Gasteiger partial charge in [-0.1, -0.05) is 19.1 Å². The molecule has 0 bridgehead atoms. The molecule has 3 rings (SSSR count). The molecular weight excluding hydrogens is 394 g/mol. The van der Waals surface area contributed by atoms with Gasteiger partial charge in [0, 0.05) is 32.6 Å². The number of carbonyl (C=O) groups excluding carboxylic acids is 2. The average Bonchev–Trinajstić information content (AvgIpc) is 2.82. The lowest BCUT2D eigenvalue weighted by Crippen LogP contribution is -2.46. The Balaban J connectivity index is 1.71. The van der Waals surface area contributed by atoms with Gasteiger partial charge in [-0.3, -0.25) is 4.79 Å². The molecule has 1 amide bonds. The Bertz CT molecular complexity index is 890. The standard InChI is InChI=1S/C24H31N3O4/c1-4-26-13-15-27(16-14-26)22-11-8-19(24(29)31-3)17-21(22)25-23(28)12-7-18-5-9-20(30-2)10-6-18/h5-6,8-11,17H,4,7,12-16H2,1-3H3,(H,25,28). The highest BCUT2D eigenvalue weighted by Crippen LogP contribution is 2.29. The third-order valence-corrected chi connectivity index (χ3v) is 5.65. The van der Waals surface area contributed by atoms with Crippen molar-refractivity contribution in [3.05, 3.63) is 53.6 Å². The summed E-state index contributed by atoms with van der Waals surface area (Å²) in [6, 6.07) is 13.1. The van der Waals surface area contributed by atoms with Gasteiger partial charge < -0.3 is 24.6 Å². The molecule has 0 saturated carbocycles. The lowest BCUT2D eigenvalue weighted by atomic mass is 10.1. The van der Waals surface area contributed by atoms with Crippen LogP contribution in [0, 0.1) is 0 Å². The van der Waals surface area contributed by atoms with Gasteiger partial charge >= 0.3 is 5.97 Å². The highest BCUT2D eigenvalue weighted by atomic mass is 16.5. The number of rotatable bonds is 8. The number of esters is 1. The Morgan fingerprint density at radius 1 is 1.00 bits per heavy atom. The van der Waals surface area contributed by atoms with E-state index in [-0.39, 0.29) is 5.91 Å². The second-order valence-corrected chi connectivity index (χ2v) is 7.54. The summed E-state index contributed by atoms with van der Waals surface area (Å²) in [6.07, 6.45) is 0.967. The summed E-state index contributed by atoms with van der Waals surface area (Å²) in [5.74, 6) is 0.281. The zero-order valence-electron chi connectivity index (χ0n) is 18.5. The van der Waals surface area contributed by atoms with Crippen LogP contribution >= 0.6 is 0 Å². The topological polar surface area (TPSA) is 71.1 Å². The minimum absolute atomic E-state index is 0.0914. The van der Waals surface area contributed by atoms with Gasteiger partial charge in [-0.05, 0) is 48.9 Å². The molecule has 0 radical (unpaired) electrons. The fraction of sp³-hybridized carbons (Fsp3) is 0.417. The molecule has 7 nitrogen and oxygen atoms in total. The SMILES string of the molecule is CCN1CCN(c2ccc(C(=O)OC)cc2NC(=O)CCc2ccc(OC)cc2)CC1. The molecule has 0 atom stereocenters. The van der Waals surface area contributed by atoms with Crippen LogP contribution in [0.25, 0.3) is 0 Å². The number of carbonyl (C=O) groups is 2. The van der Waals surface area contributed by atoms with E-state index in [1.807, 2.05) is 30.3 Å². The molecule has 1 saturated heterocycles. The number of ether oxygens (including phenoxy) is 2. The van der Waals surface area contributed by atoms with Crippen molar-refractivity contribution < 1.29 is 19.1 Å². The predicted molar refractivity (Wildman–Crippen MR) is 122 cm³/mol. The van der Waals surface area contributed by atoms with E-state index in [2.05, 4.69) is 22.0 Å². The predicted octanol–water partition coefficient (Wildman–Crippen LogP) is 3.20. The van der Waals surface area contributed by atoms with Gasteiger partial charge in [-0.2, -0.15) is 0 Å². The molecule has 166 valence electrons. The van der Waals surface area contributed by atoms with Crippen LogP contribution in [0.4, 0.5) is 11.4 Å². The van der Waals surface area contributed by atoms with Crippen LogP contribution in [0.15, 0.2) is 42.5 Å².